The van der Waals surface area contributed by atoms with Gasteiger partial charge in [-0.15, -0.1) is 11.3 Å². The Balaban J connectivity index is 1.54. The van der Waals surface area contributed by atoms with E-state index in [0.29, 0.717) is 0 Å². The first-order chi connectivity index (χ1) is 13.3. The summed E-state index contributed by atoms with van der Waals surface area (Å²) in [4.78, 5) is 0. The Labute approximate surface area is 163 Å². The fraction of sp³-hybridized carbons (Fsp3) is 0.0769. The second-order valence-electron chi connectivity index (χ2n) is 7.09. The van der Waals surface area contributed by atoms with Gasteiger partial charge in [0.05, 0.1) is 0 Å². The van der Waals surface area contributed by atoms with E-state index in [4.69, 9.17) is 0 Å². The van der Waals surface area contributed by atoms with Crippen LogP contribution in [0.4, 0.5) is 0 Å². The molecule has 0 aliphatic heterocycles. The molecule has 5 aromatic rings. The third-order valence-electron chi connectivity index (χ3n) is 5.10. The highest BCUT2D eigenvalue weighted by Crippen LogP contribution is 2.35. The molecule has 0 radical (unpaired) electrons. The number of fused-ring (bicyclic) bond motifs is 3. The second-order valence-corrected chi connectivity index (χ2v) is 8.17. The molecule has 0 aliphatic carbocycles. The molecule has 5 rings (SSSR count). The molecule has 0 aliphatic rings. The number of hydrogen-bond donors (Lipinski definition) is 0. The summed E-state index contributed by atoms with van der Waals surface area (Å²) >= 11 is 1.89. The van der Waals surface area contributed by atoms with Gasteiger partial charge in [-0.2, -0.15) is 0 Å². The van der Waals surface area contributed by atoms with Crippen LogP contribution in [-0.2, 0) is 12.8 Å². The van der Waals surface area contributed by atoms with Gasteiger partial charge in [0.2, 0.25) is 0 Å². The van der Waals surface area contributed by atoms with Crippen LogP contribution < -0.4 is 0 Å². The highest BCUT2D eigenvalue weighted by atomic mass is 32.1. The van der Waals surface area contributed by atoms with E-state index >= 15 is 0 Å². The average Bonchev–Trinajstić information content (AvgIpc) is 3.07. The maximum atomic E-state index is 2.38. The van der Waals surface area contributed by atoms with Gasteiger partial charge >= 0.3 is 0 Å². The average molecular weight is 365 g/mol. The highest BCUT2D eigenvalue weighted by molar-refractivity contribution is 7.25. The topological polar surface area (TPSA) is 0 Å². The molecule has 130 valence electrons. The van der Waals surface area contributed by atoms with Gasteiger partial charge in [0.25, 0.3) is 0 Å². The summed E-state index contributed by atoms with van der Waals surface area (Å²) in [5.41, 5.74) is 5.48. The third-order valence-corrected chi connectivity index (χ3v) is 6.25. The lowest BCUT2D eigenvalue weighted by atomic mass is 10.0. The van der Waals surface area contributed by atoms with Crippen LogP contribution in [0.25, 0.3) is 20.2 Å². The molecule has 27 heavy (non-hydrogen) atoms. The molecule has 1 heteroatoms. The van der Waals surface area contributed by atoms with Crippen molar-refractivity contribution < 1.29 is 0 Å². The minimum absolute atomic E-state index is 0.984. The van der Waals surface area contributed by atoms with Gasteiger partial charge in [-0.1, -0.05) is 72.8 Å². The molecule has 0 fully saturated rings. The Bertz CT molecular complexity index is 1100. The van der Waals surface area contributed by atoms with Crippen molar-refractivity contribution >= 4 is 31.5 Å². The highest BCUT2D eigenvalue weighted by Gasteiger charge is 2.08. The van der Waals surface area contributed by atoms with E-state index in [1.807, 2.05) is 11.3 Å². The van der Waals surface area contributed by atoms with Crippen molar-refractivity contribution in [2.24, 2.45) is 0 Å². The van der Waals surface area contributed by atoms with Gasteiger partial charge < -0.3 is 0 Å². The lowest BCUT2D eigenvalue weighted by Crippen LogP contribution is -1.88. The SMILES string of the molecule is c1ccc(Cc2ccc3sc4ccc(Cc5ccccc5)cc4c3c2)cc1. The van der Waals surface area contributed by atoms with Crippen LogP contribution in [-0.4, -0.2) is 0 Å². The zero-order chi connectivity index (χ0) is 18.1. The molecule has 0 unspecified atom stereocenters. The summed E-state index contributed by atoms with van der Waals surface area (Å²) in [5.74, 6) is 0. The zero-order valence-electron chi connectivity index (χ0n) is 15.1. The maximum absolute atomic E-state index is 2.38. The van der Waals surface area contributed by atoms with Gasteiger partial charge in [0.15, 0.2) is 0 Å². The molecular weight excluding hydrogens is 344 g/mol. The molecule has 0 bridgehead atoms. The molecule has 1 aromatic heterocycles. The van der Waals surface area contributed by atoms with Crippen molar-refractivity contribution in [3.05, 3.63) is 119 Å². The Morgan fingerprint density at radius 2 is 0.889 bits per heavy atom. The standard InChI is InChI=1S/C26H20S/c1-3-7-19(8-4-1)15-21-11-13-25-23(17-21)24-18-22(12-14-26(24)27-25)16-20-9-5-2-6-10-20/h1-14,17-18H,15-16H2. The van der Waals surface area contributed by atoms with E-state index in [0.717, 1.165) is 12.8 Å². The third kappa shape index (κ3) is 3.39. The van der Waals surface area contributed by atoms with E-state index < -0.39 is 0 Å². The predicted octanol–water partition coefficient (Wildman–Crippen LogP) is 7.24. The van der Waals surface area contributed by atoms with E-state index in [-0.39, 0.29) is 0 Å². The summed E-state index contributed by atoms with van der Waals surface area (Å²) in [6.07, 6.45) is 1.97. The number of rotatable bonds is 4. The van der Waals surface area contributed by atoms with Crippen LogP contribution in [0, 0.1) is 0 Å². The smallest absolute Gasteiger partial charge is 0.0355 e. The molecular formula is C26H20S. The van der Waals surface area contributed by atoms with Crippen molar-refractivity contribution in [1.82, 2.24) is 0 Å². The van der Waals surface area contributed by atoms with Crippen LogP contribution in [0.3, 0.4) is 0 Å². The molecule has 0 amide bonds. The van der Waals surface area contributed by atoms with Gasteiger partial charge in [0, 0.05) is 20.2 Å². The first-order valence-electron chi connectivity index (χ1n) is 9.37. The van der Waals surface area contributed by atoms with Gasteiger partial charge in [-0.05, 0) is 59.4 Å². The lowest BCUT2D eigenvalue weighted by Gasteiger charge is -2.04. The fourth-order valence-corrected chi connectivity index (χ4v) is 4.82. The maximum Gasteiger partial charge on any atom is 0.0355 e. The Hall–Kier alpha value is -2.90. The fourth-order valence-electron chi connectivity index (χ4n) is 3.75. The normalized spacial score (nSPS) is 11.3. The van der Waals surface area contributed by atoms with E-state index in [9.17, 15) is 0 Å². The van der Waals surface area contributed by atoms with Gasteiger partial charge in [-0.3, -0.25) is 0 Å². The molecule has 0 nitrogen and oxygen atoms in total. The largest absolute Gasteiger partial charge is 0.135 e. The molecule has 0 spiro atoms. The summed E-state index contributed by atoms with van der Waals surface area (Å²) in [7, 11) is 0. The second kappa shape index (κ2) is 7.02. The molecule has 0 N–H and O–H groups in total. The zero-order valence-corrected chi connectivity index (χ0v) is 15.9. The summed E-state index contributed by atoms with van der Waals surface area (Å²) in [5, 5.41) is 2.77. The van der Waals surface area contributed by atoms with Crippen LogP contribution in [0.15, 0.2) is 97.1 Å². The monoisotopic (exact) mass is 364 g/mol. The summed E-state index contributed by atoms with van der Waals surface area (Å²) < 4.78 is 2.75. The lowest BCUT2D eigenvalue weighted by molar-refractivity contribution is 1.20. The molecule has 0 saturated carbocycles. The van der Waals surface area contributed by atoms with Gasteiger partial charge in [-0.25, -0.2) is 0 Å². The quantitative estimate of drug-likeness (QED) is 0.315. The van der Waals surface area contributed by atoms with E-state index in [1.165, 1.54) is 42.4 Å². The Morgan fingerprint density at radius 3 is 1.33 bits per heavy atom. The van der Waals surface area contributed by atoms with Crippen LogP contribution in [0.5, 0.6) is 0 Å². The molecule has 0 atom stereocenters. The van der Waals surface area contributed by atoms with Crippen molar-refractivity contribution in [3.8, 4) is 0 Å². The minimum atomic E-state index is 0.984. The minimum Gasteiger partial charge on any atom is -0.135 e. The summed E-state index contributed by atoms with van der Waals surface area (Å²) in [6, 6.07) is 35.3. The molecule has 0 saturated heterocycles. The predicted molar refractivity (Wildman–Crippen MR) is 118 cm³/mol. The van der Waals surface area contributed by atoms with Crippen molar-refractivity contribution in [2.45, 2.75) is 12.8 Å². The summed E-state index contributed by atoms with van der Waals surface area (Å²) in [6.45, 7) is 0. The first-order valence-corrected chi connectivity index (χ1v) is 10.2. The number of benzene rings is 4. The molecule has 1 heterocycles. The van der Waals surface area contributed by atoms with Crippen molar-refractivity contribution in [3.63, 3.8) is 0 Å². The van der Waals surface area contributed by atoms with E-state index in [1.54, 1.807) is 0 Å². The van der Waals surface area contributed by atoms with Crippen LogP contribution in [0.2, 0.25) is 0 Å². The number of hydrogen-bond acceptors (Lipinski definition) is 1. The van der Waals surface area contributed by atoms with E-state index in [2.05, 4.69) is 97.1 Å². The molecule has 4 aromatic carbocycles. The first kappa shape index (κ1) is 16.3. The van der Waals surface area contributed by atoms with Crippen molar-refractivity contribution in [1.29, 1.82) is 0 Å². The number of thiophene rings is 1. The van der Waals surface area contributed by atoms with Gasteiger partial charge in [0.1, 0.15) is 0 Å². The van der Waals surface area contributed by atoms with Crippen molar-refractivity contribution in [2.75, 3.05) is 0 Å². The van der Waals surface area contributed by atoms with Crippen LogP contribution >= 0.6 is 11.3 Å². The Kier molecular flexibility index (Phi) is 4.23. The Morgan fingerprint density at radius 1 is 0.444 bits per heavy atom. The van der Waals surface area contributed by atoms with Crippen LogP contribution in [0.1, 0.15) is 22.3 Å².